The lowest BCUT2D eigenvalue weighted by molar-refractivity contribution is 0.194. The molecule has 4 N–H and O–H groups in total. The summed E-state index contributed by atoms with van der Waals surface area (Å²) in [6.07, 6.45) is 8.25. The van der Waals surface area contributed by atoms with Crippen LogP contribution in [0.5, 0.6) is 0 Å². The van der Waals surface area contributed by atoms with E-state index in [4.69, 9.17) is 5.11 Å². The van der Waals surface area contributed by atoms with Crippen LogP contribution in [0.15, 0.2) is 30.7 Å². The number of hydrogen-bond donors (Lipinski definition) is 4. The van der Waals surface area contributed by atoms with Crippen LogP contribution in [0.2, 0.25) is 0 Å². The minimum atomic E-state index is -1.07. The van der Waals surface area contributed by atoms with E-state index in [1.807, 2.05) is 0 Å². The van der Waals surface area contributed by atoms with E-state index in [1.165, 1.54) is 0 Å². The lowest BCUT2D eigenvalue weighted by Crippen LogP contribution is -2.36. The van der Waals surface area contributed by atoms with Crippen LogP contribution in [0.4, 0.5) is 15.4 Å². The summed E-state index contributed by atoms with van der Waals surface area (Å²) in [4.78, 5) is 36.0. The number of nitrogens with zero attached hydrogens (tertiary/aromatic N) is 5. The number of amides is 3. The second-order valence-electron chi connectivity index (χ2n) is 7.10. The van der Waals surface area contributed by atoms with Gasteiger partial charge in [0.1, 0.15) is 11.3 Å². The van der Waals surface area contributed by atoms with Gasteiger partial charge in [0.25, 0.3) is 0 Å². The second kappa shape index (κ2) is 8.72. The molecule has 1 fully saturated rings. The summed E-state index contributed by atoms with van der Waals surface area (Å²) in [7, 11) is 0. The molecule has 11 heteroatoms. The molecule has 1 saturated carbocycles. The Labute approximate surface area is 171 Å². The Morgan fingerprint density at radius 3 is 2.80 bits per heavy atom. The number of anilines is 1. The van der Waals surface area contributed by atoms with Crippen molar-refractivity contribution in [3.05, 3.63) is 30.7 Å². The maximum absolute atomic E-state index is 12.2. The zero-order valence-corrected chi connectivity index (χ0v) is 16.2. The molecule has 0 atom stereocenters. The molecule has 0 saturated heterocycles. The molecule has 3 aromatic heterocycles. The van der Waals surface area contributed by atoms with Gasteiger partial charge in [-0.3, -0.25) is 15.0 Å². The van der Waals surface area contributed by atoms with E-state index >= 15 is 0 Å². The van der Waals surface area contributed by atoms with E-state index in [9.17, 15) is 9.59 Å². The van der Waals surface area contributed by atoms with Gasteiger partial charge in [-0.2, -0.15) is 5.10 Å². The van der Waals surface area contributed by atoms with E-state index < -0.39 is 6.09 Å². The van der Waals surface area contributed by atoms with Crippen LogP contribution < -0.4 is 16.0 Å². The highest BCUT2D eigenvalue weighted by Gasteiger charge is 2.17. The van der Waals surface area contributed by atoms with Gasteiger partial charge in [-0.25, -0.2) is 19.6 Å². The molecule has 0 aliphatic heterocycles. The Morgan fingerprint density at radius 2 is 2.00 bits per heavy atom. The smallest absolute Gasteiger partial charge is 0.404 e. The lowest BCUT2D eigenvalue weighted by atomic mass is 10.2. The van der Waals surface area contributed by atoms with E-state index in [1.54, 1.807) is 35.4 Å². The number of carboxylic acid groups (broad SMARTS) is 1. The standard InChI is InChI=1S/C19H22N8O3/c28-18(23-13-3-1-2-4-13)26-16-6-5-14-17(25-16)24-15(10-21-14)12-9-22-27(11-12)8-7-20-19(29)30/h5-6,9-11,13,20H,1-4,7-8H2,(H,29,30)(H2,23,24,25,26,28). The minimum absolute atomic E-state index is 0.221. The first kappa shape index (κ1) is 19.6. The fourth-order valence-corrected chi connectivity index (χ4v) is 3.41. The lowest BCUT2D eigenvalue weighted by Gasteiger charge is -2.12. The summed E-state index contributed by atoms with van der Waals surface area (Å²) in [5.74, 6) is 0.403. The second-order valence-corrected chi connectivity index (χ2v) is 7.10. The first-order valence-electron chi connectivity index (χ1n) is 9.78. The third-order valence-corrected chi connectivity index (χ3v) is 4.88. The summed E-state index contributed by atoms with van der Waals surface area (Å²) in [6, 6.07) is 3.40. The molecule has 1 aliphatic rings. The van der Waals surface area contributed by atoms with Gasteiger partial charge in [0.2, 0.25) is 0 Å². The summed E-state index contributed by atoms with van der Waals surface area (Å²) in [5, 5.41) is 20.8. The van der Waals surface area contributed by atoms with Crippen molar-refractivity contribution in [2.24, 2.45) is 0 Å². The molecule has 0 radical (unpaired) electrons. The van der Waals surface area contributed by atoms with Crippen LogP contribution >= 0.6 is 0 Å². The van der Waals surface area contributed by atoms with Crippen molar-refractivity contribution in [1.82, 2.24) is 35.4 Å². The van der Waals surface area contributed by atoms with Crippen molar-refractivity contribution < 1.29 is 14.7 Å². The van der Waals surface area contributed by atoms with Gasteiger partial charge < -0.3 is 15.7 Å². The number of hydrogen-bond acceptors (Lipinski definition) is 6. The van der Waals surface area contributed by atoms with Crippen LogP contribution in [0.1, 0.15) is 25.7 Å². The van der Waals surface area contributed by atoms with Gasteiger partial charge >= 0.3 is 12.1 Å². The third kappa shape index (κ3) is 4.80. The van der Waals surface area contributed by atoms with Gasteiger partial charge in [-0.05, 0) is 25.0 Å². The Kier molecular flexibility index (Phi) is 5.68. The molecule has 0 aromatic carbocycles. The van der Waals surface area contributed by atoms with E-state index in [-0.39, 0.29) is 18.6 Å². The Bertz CT molecular complexity index is 1060. The number of carbonyl (C=O) groups excluding carboxylic acids is 1. The summed E-state index contributed by atoms with van der Waals surface area (Å²) < 4.78 is 1.62. The summed E-state index contributed by atoms with van der Waals surface area (Å²) in [5.41, 5.74) is 2.34. The van der Waals surface area contributed by atoms with Gasteiger partial charge in [-0.1, -0.05) is 12.8 Å². The highest BCUT2D eigenvalue weighted by Crippen LogP contribution is 2.20. The largest absolute Gasteiger partial charge is 0.465 e. The molecule has 3 heterocycles. The van der Waals surface area contributed by atoms with Crippen molar-refractivity contribution in [3.8, 4) is 11.3 Å². The van der Waals surface area contributed by atoms with Crippen molar-refractivity contribution in [1.29, 1.82) is 0 Å². The predicted molar refractivity (Wildman–Crippen MR) is 109 cm³/mol. The highest BCUT2D eigenvalue weighted by atomic mass is 16.4. The average Bonchev–Trinajstić information content (AvgIpc) is 3.39. The van der Waals surface area contributed by atoms with Crippen LogP contribution in [0, 0.1) is 0 Å². The first-order valence-corrected chi connectivity index (χ1v) is 9.78. The molecule has 0 unspecified atom stereocenters. The molecule has 1 aliphatic carbocycles. The zero-order valence-electron chi connectivity index (χ0n) is 16.2. The molecule has 11 nitrogen and oxygen atoms in total. The zero-order chi connectivity index (χ0) is 20.9. The molecule has 0 bridgehead atoms. The van der Waals surface area contributed by atoms with Gasteiger partial charge in [0.15, 0.2) is 5.65 Å². The fourth-order valence-electron chi connectivity index (χ4n) is 3.41. The van der Waals surface area contributed by atoms with Gasteiger partial charge in [0.05, 0.1) is 24.6 Å². The molecule has 3 amide bonds. The highest BCUT2D eigenvalue weighted by molar-refractivity contribution is 5.89. The predicted octanol–water partition coefficient (Wildman–Crippen LogP) is 2.22. The molecule has 156 valence electrons. The van der Waals surface area contributed by atoms with Gasteiger partial charge in [0, 0.05) is 24.3 Å². The molecule has 0 spiro atoms. The van der Waals surface area contributed by atoms with Crippen LogP contribution in [0.25, 0.3) is 22.4 Å². The monoisotopic (exact) mass is 410 g/mol. The van der Waals surface area contributed by atoms with Crippen molar-refractivity contribution in [2.75, 3.05) is 11.9 Å². The number of nitrogens with one attached hydrogen (secondary N) is 3. The molecule has 4 rings (SSSR count). The average molecular weight is 410 g/mol. The molecule has 3 aromatic rings. The number of rotatable bonds is 6. The van der Waals surface area contributed by atoms with Gasteiger partial charge in [-0.15, -0.1) is 0 Å². The van der Waals surface area contributed by atoms with Crippen molar-refractivity contribution >= 4 is 29.1 Å². The topological polar surface area (TPSA) is 147 Å². The first-order chi connectivity index (χ1) is 14.6. The van der Waals surface area contributed by atoms with Crippen molar-refractivity contribution in [3.63, 3.8) is 0 Å². The number of urea groups is 1. The maximum Gasteiger partial charge on any atom is 0.404 e. The number of aromatic nitrogens is 5. The normalized spacial score (nSPS) is 14.0. The SMILES string of the molecule is O=C(O)NCCn1cc(-c2cnc3ccc(NC(=O)NC4CCCC4)nc3n2)cn1. The Hall–Kier alpha value is -3.76. The van der Waals surface area contributed by atoms with Crippen LogP contribution in [-0.2, 0) is 6.54 Å². The van der Waals surface area contributed by atoms with Crippen molar-refractivity contribution in [2.45, 2.75) is 38.3 Å². The fraction of sp³-hybridized carbons (Fsp3) is 0.368. The number of pyridine rings is 1. The van der Waals surface area contributed by atoms with Crippen LogP contribution in [0.3, 0.4) is 0 Å². The Morgan fingerprint density at radius 1 is 1.17 bits per heavy atom. The Balaban J connectivity index is 1.45. The summed E-state index contributed by atoms with van der Waals surface area (Å²) in [6.45, 7) is 0.648. The van der Waals surface area contributed by atoms with E-state index in [0.29, 0.717) is 29.2 Å². The van der Waals surface area contributed by atoms with E-state index in [2.05, 4.69) is 36.0 Å². The maximum atomic E-state index is 12.2. The third-order valence-electron chi connectivity index (χ3n) is 4.88. The molecule has 30 heavy (non-hydrogen) atoms. The van der Waals surface area contributed by atoms with Crippen LogP contribution in [-0.4, -0.2) is 54.5 Å². The summed E-state index contributed by atoms with van der Waals surface area (Å²) >= 11 is 0. The van der Waals surface area contributed by atoms with E-state index in [0.717, 1.165) is 31.2 Å². The molecular weight excluding hydrogens is 388 g/mol. The number of carbonyl (C=O) groups is 2. The molecular formula is C19H22N8O3. The quantitative estimate of drug-likeness (QED) is 0.487. The minimum Gasteiger partial charge on any atom is -0.465 e. The number of fused-ring (bicyclic) bond motifs is 1.